The summed E-state index contributed by atoms with van der Waals surface area (Å²) < 4.78 is 5.17. The van der Waals surface area contributed by atoms with Crippen LogP contribution in [-0.4, -0.2) is 6.09 Å². The van der Waals surface area contributed by atoms with Crippen molar-refractivity contribution in [1.82, 2.24) is 0 Å². The molecule has 2 aromatic carbocycles. The second kappa shape index (κ2) is 4.09. The van der Waals surface area contributed by atoms with E-state index in [1.807, 2.05) is 56.3 Å². The average molecular weight is 229 g/mol. The predicted octanol–water partition coefficient (Wildman–Crippen LogP) is 3.17. The van der Waals surface area contributed by atoms with E-state index in [4.69, 9.17) is 10.5 Å². The van der Waals surface area contributed by atoms with E-state index in [-0.39, 0.29) is 0 Å². The molecule has 0 aliphatic rings. The van der Waals surface area contributed by atoms with Gasteiger partial charge in [0.05, 0.1) is 0 Å². The third kappa shape index (κ3) is 2.23. The van der Waals surface area contributed by atoms with Gasteiger partial charge in [-0.2, -0.15) is 0 Å². The van der Waals surface area contributed by atoms with Crippen LogP contribution >= 0.6 is 0 Å². The average Bonchev–Trinajstić information content (AvgIpc) is 2.26. The number of benzene rings is 2. The van der Waals surface area contributed by atoms with Crippen molar-refractivity contribution in [2.45, 2.75) is 19.4 Å². The van der Waals surface area contributed by atoms with Gasteiger partial charge in [-0.15, -0.1) is 0 Å². The molecule has 0 aliphatic carbocycles. The normalized spacial score (nSPS) is 11.4. The van der Waals surface area contributed by atoms with Crippen molar-refractivity contribution in [3.05, 3.63) is 48.0 Å². The molecule has 0 radical (unpaired) electrons. The highest BCUT2D eigenvalue weighted by atomic mass is 16.6. The Morgan fingerprint density at radius 2 is 1.76 bits per heavy atom. The quantitative estimate of drug-likeness (QED) is 0.859. The predicted molar refractivity (Wildman–Crippen MR) is 67.6 cm³/mol. The maximum atomic E-state index is 10.9. The number of primary amides is 1. The molecule has 0 saturated heterocycles. The Labute approximate surface area is 100 Å². The van der Waals surface area contributed by atoms with Gasteiger partial charge in [0.15, 0.2) is 0 Å². The minimum absolute atomic E-state index is 0.729. The summed E-state index contributed by atoms with van der Waals surface area (Å²) in [6, 6.07) is 13.9. The molecule has 0 atom stereocenters. The van der Waals surface area contributed by atoms with Crippen molar-refractivity contribution in [2.24, 2.45) is 5.73 Å². The minimum Gasteiger partial charge on any atom is -0.439 e. The molecule has 0 heterocycles. The van der Waals surface area contributed by atoms with Gasteiger partial charge in [-0.05, 0) is 24.6 Å². The maximum Gasteiger partial charge on any atom is 0.405 e. The van der Waals surface area contributed by atoms with E-state index in [9.17, 15) is 4.79 Å². The molecule has 0 bridgehead atoms. The highest BCUT2D eigenvalue weighted by Crippen LogP contribution is 2.31. The van der Waals surface area contributed by atoms with E-state index in [1.54, 1.807) is 0 Å². The van der Waals surface area contributed by atoms with Crippen molar-refractivity contribution in [2.75, 3.05) is 0 Å². The molecule has 1 amide bonds. The smallest absolute Gasteiger partial charge is 0.405 e. The van der Waals surface area contributed by atoms with Crippen molar-refractivity contribution in [1.29, 1.82) is 0 Å². The van der Waals surface area contributed by atoms with Crippen LogP contribution in [0, 0.1) is 0 Å². The lowest BCUT2D eigenvalue weighted by atomic mass is 9.92. The van der Waals surface area contributed by atoms with E-state index >= 15 is 0 Å². The lowest BCUT2D eigenvalue weighted by Crippen LogP contribution is -2.29. The first-order valence-corrected chi connectivity index (χ1v) is 5.47. The molecule has 2 rings (SSSR count). The van der Waals surface area contributed by atoms with E-state index in [0.717, 1.165) is 16.3 Å². The zero-order valence-corrected chi connectivity index (χ0v) is 9.94. The van der Waals surface area contributed by atoms with Crippen LogP contribution in [0.1, 0.15) is 19.4 Å². The van der Waals surface area contributed by atoms with Gasteiger partial charge in [-0.25, -0.2) is 4.79 Å². The van der Waals surface area contributed by atoms with Crippen LogP contribution in [0.25, 0.3) is 10.8 Å². The number of nitrogens with two attached hydrogens (primary N) is 1. The topological polar surface area (TPSA) is 52.3 Å². The molecular formula is C14H15NO2. The number of carbonyl (C=O) groups excluding carboxylic acids is 1. The Morgan fingerprint density at radius 1 is 1.12 bits per heavy atom. The summed E-state index contributed by atoms with van der Waals surface area (Å²) in [5.74, 6) is 0. The first kappa shape index (κ1) is 11.5. The lowest BCUT2D eigenvalue weighted by Gasteiger charge is -2.25. The number of hydrogen-bond acceptors (Lipinski definition) is 2. The van der Waals surface area contributed by atoms with Gasteiger partial charge in [-0.1, -0.05) is 42.5 Å². The van der Waals surface area contributed by atoms with Crippen LogP contribution in [0.3, 0.4) is 0 Å². The van der Waals surface area contributed by atoms with Gasteiger partial charge in [0.1, 0.15) is 5.60 Å². The Hall–Kier alpha value is -2.03. The lowest BCUT2D eigenvalue weighted by molar-refractivity contribution is 0.0443. The zero-order valence-electron chi connectivity index (χ0n) is 9.94. The number of ether oxygens (including phenoxy) is 1. The fourth-order valence-electron chi connectivity index (χ4n) is 2.06. The van der Waals surface area contributed by atoms with E-state index in [1.165, 1.54) is 0 Å². The number of rotatable bonds is 2. The number of amides is 1. The molecule has 88 valence electrons. The fraction of sp³-hybridized carbons (Fsp3) is 0.214. The summed E-state index contributed by atoms with van der Waals surface area (Å²) in [7, 11) is 0. The molecule has 2 aromatic rings. The monoisotopic (exact) mass is 229 g/mol. The third-order valence-corrected chi connectivity index (χ3v) is 2.79. The van der Waals surface area contributed by atoms with E-state index < -0.39 is 11.7 Å². The van der Waals surface area contributed by atoms with E-state index in [0.29, 0.717) is 0 Å². The molecule has 3 nitrogen and oxygen atoms in total. The van der Waals surface area contributed by atoms with Crippen LogP contribution in [0.2, 0.25) is 0 Å². The third-order valence-electron chi connectivity index (χ3n) is 2.79. The summed E-state index contributed by atoms with van der Waals surface area (Å²) in [5.41, 5.74) is 5.32. The van der Waals surface area contributed by atoms with Crippen LogP contribution in [0.5, 0.6) is 0 Å². The van der Waals surface area contributed by atoms with E-state index in [2.05, 4.69) is 0 Å². The number of fused-ring (bicyclic) bond motifs is 1. The standard InChI is InChI=1S/C14H15NO2/c1-14(2,17-13(15)16)12-9-5-7-10-6-3-4-8-11(10)12/h3-9H,1-2H3,(H2,15,16). The molecule has 3 heteroatoms. The van der Waals surface area contributed by atoms with Crippen LogP contribution < -0.4 is 5.73 Å². The molecule has 0 saturated carbocycles. The molecule has 0 aromatic heterocycles. The molecule has 0 unspecified atom stereocenters. The zero-order chi connectivity index (χ0) is 12.5. The van der Waals surface area contributed by atoms with Gasteiger partial charge in [0, 0.05) is 5.56 Å². The first-order chi connectivity index (χ1) is 8.00. The molecule has 0 spiro atoms. The van der Waals surface area contributed by atoms with Gasteiger partial charge >= 0.3 is 6.09 Å². The van der Waals surface area contributed by atoms with Gasteiger partial charge in [0.2, 0.25) is 0 Å². The summed E-state index contributed by atoms with van der Waals surface area (Å²) >= 11 is 0. The second-order valence-corrected chi connectivity index (χ2v) is 4.46. The second-order valence-electron chi connectivity index (χ2n) is 4.46. The Morgan fingerprint density at radius 3 is 2.47 bits per heavy atom. The maximum absolute atomic E-state index is 10.9. The van der Waals surface area contributed by atoms with Crippen molar-refractivity contribution in [3.63, 3.8) is 0 Å². The SMILES string of the molecule is CC(C)(OC(N)=O)c1cccc2ccccc12. The van der Waals surface area contributed by atoms with Crippen LogP contribution in [-0.2, 0) is 10.3 Å². The molecular weight excluding hydrogens is 214 g/mol. The Balaban J connectivity index is 2.58. The summed E-state index contributed by atoms with van der Waals surface area (Å²) in [4.78, 5) is 10.9. The summed E-state index contributed by atoms with van der Waals surface area (Å²) in [6.07, 6.45) is -0.761. The first-order valence-electron chi connectivity index (χ1n) is 5.47. The van der Waals surface area contributed by atoms with Crippen LogP contribution in [0.15, 0.2) is 42.5 Å². The summed E-state index contributed by atoms with van der Waals surface area (Å²) in [6.45, 7) is 3.67. The molecule has 17 heavy (non-hydrogen) atoms. The van der Waals surface area contributed by atoms with Crippen molar-refractivity contribution in [3.8, 4) is 0 Å². The molecule has 0 aliphatic heterocycles. The minimum atomic E-state index is -0.761. The largest absolute Gasteiger partial charge is 0.439 e. The molecule has 2 N–H and O–H groups in total. The molecule has 0 fully saturated rings. The van der Waals surface area contributed by atoms with Gasteiger partial charge in [0.25, 0.3) is 0 Å². The fourth-order valence-corrected chi connectivity index (χ4v) is 2.06. The van der Waals surface area contributed by atoms with Gasteiger partial charge in [-0.3, -0.25) is 0 Å². The Kier molecular flexibility index (Phi) is 2.76. The highest BCUT2D eigenvalue weighted by Gasteiger charge is 2.25. The van der Waals surface area contributed by atoms with Gasteiger partial charge < -0.3 is 10.5 Å². The van der Waals surface area contributed by atoms with Crippen LogP contribution in [0.4, 0.5) is 4.79 Å². The van der Waals surface area contributed by atoms with Crippen molar-refractivity contribution >= 4 is 16.9 Å². The summed E-state index contributed by atoms with van der Waals surface area (Å²) in [5, 5.41) is 2.19. The number of carbonyl (C=O) groups is 1. The highest BCUT2D eigenvalue weighted by molar-refractivity contribution is 5.86. The van der Waals surface area contributed by atoms with Crippen molar-refractivity contribution < 1.29 is 9.53 Å². The number of hydrogen-bond donors (Lipinski definition) is 1. The Bertz CT molecular complexity index is 556.